The van der Waals surface area contributed by atoms with Crippen LogP contribution in [0.3, 0.4) is 0 Å². The largest absolute Gasteiger partial charge is 0.385 e. The molecular formula is C25H23N5O5. The van der Waals surface area contributed by atoms with Crippen LogP contribution >= 0.6 is 0 Å². The second-order valence-corrected chi connectivity index (χ2v) is 9.29. The molecule has 1 unspecified atom stereocenters. The van der Waals surface area contributed by atoms with Crippen LogP contribution in [0.25, 0.3) is 5.52 Å². The fourth-order valence-electron chi connectivity index (χ4n) is 5.33. The Hall–Kier alpha value is -4.05. The molecule has 3 aromatic rings. The lowest BCUT2D eigenvalue weighted by Gasteiger charge is -2.39. The van der Waals surface area contributed by atoms with Crippen molar-refractivity contribution in [1.82, 2.24) is 19.8 Å². The Balaban J connectivity index is 1.23. The second-order valence-electron chi connectivity index (χ2n) is 9.29. The van der Waals surface area contributed by atoms with Gasteiger partial charge >= 0.3 is 0 Å². The van der Waals surface area contributed by atoms with E-state index in [-0.39, 0.29) is 24.0 Å². The Bertz CT molecular complexity index is 1400. The van der Waals surface area contributed by atoms with Gasteiger partial charge in [0.2, 0.25) is 11.8 Å². The number of amides is 4. The Morgan fingerprint density at radius 2 is 1.77 bits per heavy atom. The molecule has 10 nitrogen and oxygen atoms in total. The van der Waals surface area contributed by atoms with E-state index in [0.717, 1.165) is 16.1 Å². The highest BCUT2D eigenvalue weighted by Gasteiger charge is 2.45. The fourth-order valence-corrected chi connectivity index (χ4v) is 5.33. The molecule has 3 aliphatic rings. The summed E-state index contributed by atoms with van der Waals surface area (Å²) in [5.41, 5.74) is 1.80. The van der Waals surface area contributed by atoms with Gasteiger partial charge in [0.1, 0.15) is 6.04 Å². The third-order valence-corrected chi connectivity index (χ3v) is 7.31. The summed E-state index contributed by atoms with van der Waals surface area (Å²) in [5, 5.41) is 18.1. The summed E-state index contributed by atoms with van der Waals surface area (Å²) < 4.78 is 1.81. The monoisotopic (exact) mass is 473 g/mol. The van der Waals surface area contributed by atoms with E-state index in [4.69, 9.17) is 0 Å². The number of fused-ring (bicyclic) bond motifs is 2. The Morgan fingerprint density at radius 3 is 2.54 bits per heavy atom. The third kappa shape index (κ3) is 3.32. The number of carbonyl (C=O) groups is 4. The molecule has 0 spiro atoms. The first-order valence-electron chi connectivity index (χ1n) is 11.6. The Kier molecular flexibility index (Phi) is 4.75. The number of carbonyl (C=O) groups excluding carboxylic acids is 4. The topological polar surface area (TPSA) is 124 Å². The summed E-state index contributed by atoms with van der Waals surface area (Å²) >= 11 is 0. The molecule has 2 saturated heterocycles. The zero-order valence-corrected chi connectivity index (χ0v) is 18.8. The summed E-state index contributed by atoms with van der Waals surface area (Å²) in [6, 6.07) is 9.67. The summed E-state index contributed by atoms with van der Waals surface area (Å²) in [5.74, 6) is -2.19. The molecule has 1 atom stereocenters. The van der Waals surface area contributed by atoms with Crippen LogP contribution in [-0.4, -0.2) is 62.4 Å². The number of rotatable bonds is 3. The normalized spacial score (nSPS) is 22.0. The van der Waals surface area contributed by atoms with E-state index < -0.39 is 35.3 Å². The standard InChI is InChI=1S/C25H23N5O5/c31-21-7-6-19(22(32)27-21)30-23(33)16-5-4-15(13-17(16)24(30)34)25(35)8-11-28(12-9-25)20-14-26-29-10-2-1-3-18(20)29/h1-5,10,13-14,19,35H,6-9,11-12H2,(H,27,31,32). The molecule has 3 aliphatic heterocycles. The van der Waals surface area contributed by atoms with Crippen LogP contribution < -0.4 is 10.2 Å². The maximum Gasteiger partial charge on any atom is 0.262 e. The first kappa shape index (κ1) is 21.5. The lowest BCUT2D eigenvalue weighted by molar-refractivity contribution is -0.136. The van der Waals surface area contributed by atoms with Crippen molar-refractivity contribution < 1.29 is 24.3 Å². The number of benzene rings is 1. The fraction of sp³-hybridized carbons (Fsp3) is 0.320. The van der Waals surface area contributed by atoms with Gasteiger partial charge in [0, 0.05) is 25.7 Å². The maximum atomic E-state index is 13.1. The summed E-state index contributed by atoms with van der Waals surface area (Å²) in [6.07, 6.45) is 4.76. The number of nitrogens with one attached hydrogen (secondary N) is 1. The van der Waals surface area contributed by atoms with Gasteiger partial charge in [0.05, 0.1) is 34.1 Å². The first-order chi connectivity index (χ1) is 16.9. The number of anilines is 1. The SMILES string of the molecule is O=C1CCC(N2C(=O)c3ccc(C4(O)CCN(c5cnn6ccccc56)CC4)cc3C2=O)C(=O)N1. The lowest BCUT2D eigenvalue weighted by Crippen LogP contribution is -2.54. The molecule has 2 fully saturated rings. The number of pyridine rings is 1. The highest BCUT2D eigenvalue weighted by atomic mass is 16.3. The molecular weight excluding hydrogens is 450 g/mol. The summed E-state index contributed by atoms with van der Waals surface area (Å²) in [6.45, 7) is 1.19. The molecule has 0 radical (unpaired) electrons. The molecule has 10 heteroatoms. The van der Waals surface area contributed by atoms with Crippen LogP contribution in [0.4, 0.5) is 5.69 Å². The van der Waals surface area contributed by atoms with Crippen molar-refractivity contribution in [1.29, 1.82) is 0 Å². The number of hydrogen-bond donors (Lipinski definition) is 2. The number of hydrogen-bond acceptors (Lipinski definition) is 7. The smallest absolute Gasteiger partial charge is 0.262 e. The molecule has 0 aliphatic carbocycles. The van der Waals surface area contributed by atoms with Gasteiger partial charge in [-0.05, 0) is 49.1 Å². The molecule has 0 saturated carbocycles. The van der Waals surface area contributed by atoms with Crippen molar-refractivity contribution in [2.45, 2.75) is 37.3 Å². The molecule has 178 valence electrons. The number of imide groups is 2. The zero-order chi connectivity index (χ0) is 24.3. The van der Waals surface area contributed by atoms with Gasteiger partial charge in [-0.1, -0.05) is 12.1 Å². The molecule has 0 bridgehead atoms. The van der Waals surface area contributed by atoms with E-state index in [1.165, 1.54) is 0 Å². The molecule has 35 heavy (non-hydrogen) atoms. The number of piperidine rings is 2. The molecule has 1 aromatic carbocycles. The van der Waals surface area contributed by atoms with Crippen molar-refractivity contribution in [3.8, 4) is 0 Å². The summed E-state index contributed by atoms with van der Waals surface area (Å²) in [4.78, 5) is 53.0. The second kappa shape index (κ2) is 7.74. The number of aliphatic hydroxyl groups is 1. The van der Waals surface area contributed by atoms with Crippen molar-refractivity contribution in [2.24, 2.45) is 0 Å². The van der Waals surface area contributed by atoms with E-state index in [9.17, 15) is 24.3 Å². The van der Waals surface area contributed by atoms with Crippen LogP contribution in [0, 0.1) is 0 Å². The number of nitrogens with zero attached hydrogens (tertiary/aromatic N) is 4. The van der Waals surface area contributed by atoms with E-state index in [2.05, 4.69) is 15.3 Å². The van der Waals surface area contributed by atoms with Gasteiger partial charge < -0.3 is 10.0 Å². The van der Waals surface area contributed by atoms with E-state index in [0.29, 0.717) is 31.5 Å². The van der Waals surface area contributed by atoms with Gasteiger partial charge in [-0.2, -0.15) is 5.10 Å². The highest BCUT2D eigenvalue weighted by Crippen LogP contribution is 2.38. The Labute approximate surface area is 200 Å². The van der Waals surface area contributed by atoms with E-state index in [1.807, 2.05) is 35.1 Å². The molecule has 5 heterocycles. The molecule has 6 rings (SSSR count). The van der Waals surface area contributed by atoms with Gasteiger partial charge in [0.25, 0.3) is 11.8 Å². The van der Waals surface area contributed by atoms with Gasteiger partial charge in [0.15, 0.2) is 0 Å². The van der Waals surface area contributed by atoms with Crippen molar-refractivity contribution in [3.63, 3.8) is 0 Å². The minimum Gasteiger partial charge on any atom is -0.385 e. The van der Waals surface area contributed by atoms with Crippen LogP contribution in [0.5, 0.6) is 0 Å². The predicted molar refractivity (Wildman–Crippen MR) is 124 cm³/mol. The predicted octanol–water partition coefficient (Wildman–Crippen LogP) is 1.22. The minimum atomic E-state index is -1.15. The molecule has 4 amide bonds. The quantitative estimate of drug-likeness (QED) is 0.548. The van der Waals surface area contributed by atoms with Crippen LogP contribution in [0.2, 0.25) is 0 Å². The Morgan fingerprint density at radius 1 is 1.00 bits per heavy atom. The average molecular weight is 473 g/mol. The molecule has 2 aromatic heterocycles. The third-order valence-electron chi connectivity index (χ3n) is 7.31. The van der Waals surface area contributed by atoms with Crippen molar-refractivity contribution >= 4 is 34.8 Å². The van der Waals surface area contributed by atoms with Gasteiger partial charge in [-0.3, -0.25) is 29.4 Å². The van der Waals surface area contributed by atoms with E-state index in [1.54, 1.807) is 18.2 Å². The van der Waals surface area contributed by atoms with Crippen LogP contribution in [-0.2, 0) is 15.2 Å². The van der Waals surface area contributed by atoms with Crippen molar-refractivity contribution in [3.05, 3.63) is 65.5 Å². The average Bonchev–Trinajstić information content (AvgIpc) is 3.39. The van der Waals surface area contributed by atoms with Gasteiger partial charge in [-0.25, -0.2) is 4.52 Å². The minimum absolute atomic E-state index is 0.0675. The van der Waals surface area contributed by atoms with Gasteiger partial charge in [-0.15, -0.1) is 0 Å². The number of aromatic nitrogens is 2. The maximum absolute atomic E-state index is 13.1. The first-order valence-corrected chi connectivity index (χ1v) is 11.6. The van der Waals surface area contributed by atoms with Crippen LogP contribution in [0.15, 0.2) is 48.8 Å². The lowest BCUT2D eigenvalue weighted by atomic mass is 9.83. The van der Waals surface area contributed by atoms with Crippen LogP contribution in [0.1, 0.15) is 52.0 Å². The molecule has 2 N–H and O–H groups in total. The van der Waals surface area contributed by atoms with E-state index >= 15 is 0 Å². The van der Waals surface area contributed by atoms with Crippen molar-refractivity contribution in [2.75, 3.05) is 18.0 Å². The zero-order valence-electron chi connectivity index (χ0n) is 18.8. The highest BCUT2D eigenvalue weighted by molar-refractivity contribution is 6.23. The summed E-state index contributed by atoms with van der Waals surface area (Å²) in [7, 11) is 0.